The Labute approximate surface area is 147 Å². The van der Waals surface area contributed by atoms with E-state index < -0.39 is 5.91 Å². The van der Waals surface area contributed by atoms with Crippen molar-refractivity contribution in [3.05, 3.63) is 71.1 Å². The molecule has 4 rings (SSSR count). The van der Waals surface area contributed by atoms with E-state index in [1.54, 1.807) is 48.5 Å². The minimum atomic E-state index is -0.407. The molecule has 0 saturated carbocycles. The average Bonchev–Trinajstić information content (AvgIpc) is 3.09. The van der Waals surface area contributed by atoms with E-state index >= 15 is 0 Å². The van der Waals surface area contributed by atoms with Gasteiger partial charge >= 0.3 is 0 Å². The fourth-order valence-corrected chi connectivity index (χ4v) is 2.64. The number of halogens is 1. The molecule has 1 aromatic heterocycles. The fourth-order valence-electron chi connectivity index (χ4n) is 2.47. The Bertz CT molecular complexity index is 983. The standard InChI is InChI=1S/C18H11ClN2O4/c19-10-3-5-15-13(8-10)21-17(22)12-9-11(4-6-14(12)25-15)20-18(23)16-2-1-7-24-16/h1-9H,(H,20,23)(H,21,22). The van der Waals surface area contributed by atoms with Crippen molar-refractivity contribution >= 4 is 34.8 Å². The molecule has 2 heterocycles. The van der Waals surface area contributed by atoms with E-state index in [9.17, 15) is 9.59 Å². The quantitative estimate of drug-likeness (QED) is 0.707. The number of hydrogen-bond acceptors (Lipinski definition) is 4. The van der Waals surface area contributed by atoms with Crippen LogP contribution in [0.1, 0.15) is 20.9 Å². The first-order valence-corrected chi connectivity index (χ1v) is 7.75. The number of benzene rings is 2. The van der Waals surface area contributed by atoms with Crippen LogP contribution < -0.4 is 15.4 Å². The summed E-state index contributed by atoms with van der Waals surface area (Å²) in [4.78, 5) is 24.5. The average molecular weight is 355 g/mol. The number of amides is 2. The molecule has 0 aliphatic carbocycles. The summed E-state index contributed by atoms with van der Waals surface area (Å²) in [5, 5.41) is 5.91. The molecule has 2 aromatic carbocycles. The topological polar surface area (TPSA) is 80.6 Å². The second-order valence-electron chi connectivity index (χ2n) is 5.34. The number of carbonyl (C=O) groups excluding carboxylic acids is 2. The molecule has 0 saturated heterocycles. The molecule has 2 amide bonds. The highest BCUT2D eigenvalue weighted by atomic mass is 35.5. The molecule has 0 spiro atoms. The lowest BCUT2D eigenvalue weighted by atomic mass is 10.1. The zero-order valence-electron chi connectivity index (χ0n) is 12.7. The lowest BCUT2D eigenvalue weighted by Gasteiger charge is -2.09. The van der Waals surface area contributed by atoms with Crippen LogP contribution in [0.5, 0.6) is 11.5 Å². The minimum Gasteiger partial charge on any atom is -0.459 e. The van der Waals surface area contributed by atoms with E-state index in [0.717, 1.165) is 0 Å². The third-order valence-corrected chi connectivity index (χ3v) is 3.87. The molecule has 1 aliphatic rings. The lowest BCUT2D eigenvalue weighted by molar-refractivity contribution is 0.0993. The zero-order valence-corrected chi connectivity index (χ0v) is 13.5. The second kappa shape index (κ2) is 5.99. The van der Waals surface area contributed by atoms with Crippen molar-refractivity contribution in [2.75, 3.05) is 10.6 Å². The summed E-state index contributed by atoms with van der Waals surface area (Å²) in [6, 6.07) is 12.9. The van der Waals surface area contributed by atoms with Gasteiger partial charge < -0.3 is 19.8 Å². The van der Waals surface area contributed by atoms with E-state index in [1.807, 2.05) is 0 Å². The molecule has 0 bridgehead atoms. The van der Waals surface area contributed by atoms with E-state index in [0.29, 0.717) is 33.5 Å². The number of furan rings is 1. The molecule has 7 heteroatoms. The van der Waals surface area contributed by atoms with Crippen LogP contribution in [0.2, 0.25) is 5.02 Å². The highest BCUT2D eigenvalue weighted by Crippen LogP contribution is 2.37. The maximum atomic E-state index is 12.5. The van der Waals surface area contributed by atoms with Crippen LogP contribution in [0.3, 0.4) is 0 Å². The summed E-state index contributed by atoms with van der Waals surface area (Å²) in [5.74, 6) is 0.288. The van der Waals surface area contributed by atoms with Crippen molar-refractivity contribution in [2.45, 2.75) is 0 Å². The molecule has 25 heavy (non-hydrogen) atoms. The van der Waals surface area contributed by atoms with Gasteiger partial charge in [0, 0.05) is 10.7 Å². The second-order valence-corrected chi connectivity index (χ2v) is 5.78. The van der Waals surface area contributed by atoms with Gasteiger partial charge in [0.05, 0.1) is 17.5 Å². The Morgan fingerprint density at radius 3 is 2.72 bits per heavy atom. The van der Waals surface area contributed by atoms with Crippen LogP contribution in [-0.2, 0) is 0 Å². The Kier molecular flexibility index (Phi) is 3.66. The first kappa shape index (κ1) is 15.3. The first-order chi connectivity index (χ1) is 12.1. The number of nitrogens with one attached hydrogen (secondary N) is 2. The van der Waals surface area contributed by atoms with Crippen molar-refractivity contribution in [3.8, 4) is 11.5 Å². The largest absolute Gasteiger partial charge is 0.459 e. The van der Waals surface area contributed by atoms with E-state index in [4.69, 9.17) is 20.8 Å². The van der Waals surface area contributed by atoms with Crippen LogP contribution in [0, 0.1) is 0 Å². The Morgan fingerprint density at radius 2 is 1.92 bits per heavy atom. The Morgan fingerprint density at radius 1 is 1.08 bits per heavy atom. The van der Waals surface area contributed by atoms with Gasteiger partial charge in [0.2, 0.25) is 0 Å². The Balaban J connectivity index is 1.65. The number of anilines is 2. The molecule has 0 unspecified atom stereocenters. The Hall–Kier alpha value is -3.25. The monoisotopic (exact) mass is 354 g/mol. The molecule has 6 nitrogen and oxygen atoms in total. The van der Waals surface area contributed by atoms with Gasteiger partial charge in [-0.2, -0.15) is 0 Å². The molecule has 0 radical (unpaired) electrons. The summed E-state index contributed by atoms with van der Waals surface area (Å²) in [5.41, 5.74) is 1.22. The predicted octanol–water partition coefficient (Wildman–Crippen LogP) is 4.54. The number of hydrogen-bond donors (Lipinski definition) is 2. The van der Waals surface area contributed by atoms with Gasteiger partial charge in [-0.15, -0.1) is 0 Å². The van der Waals surface area contributed by atoms with Gasteiger partial charge in [-0.05, 0) is 48.5 Å². The molecule has 124 valence electrons. The van der Waals surface area contributed by atoms with Gasteiger partial charge in [0.25, 0.3) is 11.8 Å². The maximum absolute atomic E-state index is 12.5. The smallest absolute Gasteiger partial charge is 0.291 e. The van der Waals surface area contributed by atoms with Gasteiger partial charge in [-0.1, -0.05) is 11.6 Å². The van der Waals surface area contributed by atoms with Crippen LogP contribution in [-0.4, -0.2) is 11.8 Å². The molecule has 3 aromatic rings. The van der Waals surface area contributed by atoms with E-state index in [-0.39, 0.29) is 11.7 Å². The number of ether oxygens (including phenoxy) is 1. The minimum absolute atomic E-state index is 0.178. The van der Waals surface area contributed by atoms with Crippen molar-refractivity contribution in [1.82, 2.24) is 0 Å². The predicted molar refractivity (Wildman–Crippen MR) is 92.6 cm³/mol. The fraction of sp³-hybridized carbons (Fsp3) is 0. The number of fused-ring (bicyclic) bond motifs is 2. The molecule has 0 atom stereocenters. The molecule has 1 aliphatic heterocycles. The van der Waals surface area contributed by atoms with Gasteiger partial charge in [-0.25, -0.2) is 0 Å². The van der Waals surface area contributed by atoms with Crippen LogP contribution in [0.25, 0.3) is 0 Å². The highest BCUT2D eigenvalue weighted by Gasteiger charge is 2.22. The third-order valence-electron chi connectivity index (χ3n) is 3.64. The molecular formula is C18H11ClN2O4. The molecule has 2 N–H and O–H groups in total. The molecular weight excluding hydrogens is 344 g/mol. The van der Waals surface area contributed by atoms with Crippen LogP contribution in [0.4, 0.5) is 11.4 Å². The van der Waals surface area contributed by atoms with Crippen LogP contribution in [0.15, 0.2) is 59.2 Å². The summed E-state index contributed by atoms with van der Waals surface area (Å²) >= 11 is 5.96. The maximum Gasteiger partial charge on any atom is 0.291 e. The van der Waals surface area contributed by atoms with Crippen molar-refractivity contribution < 1.29 is 18.7 Å². The number of rotatable bonds is 2. The summed E-state index contributed by atoms with van der Waals surface area (Å²) in [6.07, 6.45) is 1.41. The third kappa shape index (κ3) is 2.95. The van der Waals surface area contributed by atoms with Gasteiger partial charge in [0.15, 0.2) is 11.5 Å². The summed E-state index contributed by atoms with van der Waals surface area (Å²) < 4.78 is 10.8. The van der Waals surface area contributed by atoms with Crippen molar-refractivity contribution in [1.29, 1.82) is 0 Å². The van der Waals surface area contributed by atoms with Crippen molar-refractivity contribution in [3.63, 3.8) is 0 Å². The molecule has 0 fully saturated rings. The van der Waals surface area contributed by atoms with Gasteiger partial charge in [0.1, 0.15) is 5.75 Å². The summed E-state index contributed by atoms with van der Waals surface area (Å²) in [7, 11) is 0. The van der Waals surface area contributed by atoms with Crippen molar-refractivity contribution in [2.24, 2.45) is 0 Å². The highest BCUT2D eigenvalue weighted by molar-refractivity contribution is 6.31. The van der Waals surface area contributed by atoms with Crippen LogP contribution >= 0.6 is 11.6 Å². The van der Waals surface area contributed by atoms with E-state index in [2.05, 4.69) is 10.6 Å². The zero-order chi connectivity index (χ0) is 17.4. The SMILES string of the molecule is O=C(Nc1ccc2c(c1)C(=O)Nc1cc(Cl)ccc1O2)c1ccco1. The first-order valence-electron chi connectivity index (χ1n) is 7.38. The summed E-state index contributed by atoms with van der Waals surface area (Å²) in [6.45, 7) is 0. The number of carbonyl (C=O) groups is 2. The lowest BCUT2D eigenvalue weighted by Crippen LogP contribution is -2.13. The normalized spacial score (nSPS) is 12.3. The van der Waals surface area contributed by atoms with E-state index in [1.165, 1.54) is 6.26 Å². The van der Waals surface area contributed by atoms with Gasteiger partial charge in [-0.3, -0.25) is 9.59 Å².